The quantitative estimate of drug-likeness (QED) is 0.876. The van der Waals surface area contributed by atoms with Crippen LogP contribution in [0.3, 0.4) is 0 Å². The van der Waals surface area contributed by atoms with Crippen molar-refractivity contribution in [1.29, 1.82) is 0 Å². The highest BCUT2D eigenvalue weighted by atomic mass is 16.2. The average Bonchev–Trinajstić information content (AvgIpc) is 2.73. The van der Waals surface area contributed by atoms with Crippen LogP contribution in [0.5, 0.6) is 0 Å². The summed E-state index contributed by atoms with van der Waals surface area (Å²) in [5.74, 6) is 0.814. The molecule has 1 aromatic carbocycles. The molecule has 0 saturated carbocycles. The third-order valence-corrected chi connectivity index (χ3v) is 3.90. The van der Waals surface area contributed by atoms with Gasteiger partial charge in [0.2, 0.25) is 5.91 Å². The first-order valence-corrected chi connectivity index (χ1v) is 6.70. The first-order chi connectivity index (χ1) is 8.72. The van der Waals surface area contributed by atoms with E-state index in [1.54, 1.807) is 0 Å². The number of carbonyl (C=O) groups excluding carboxylic acids is 1. The van der Waals surface area contributed by atoms with Crippen molar-refractivity contribution < 1.29 is 4.79 Å². The van der Waals surface area contributed by atoms with Crippen LogP contribution in [0.4, 0.5) is 0 Å². The molecule has 0 aliphatic carbocycles. The van der Waals surface area contributed by atoms with Gasteiger partial charge in [-0.05, 0) is 38.3 Å². The lowest BCUT2D eigenvalue weighted by Crippen LogP contribution is -2.40. The average molecular weight is 246 g/mol. The summed E-state index contributed by atoms with van der Waals surface area (Å²) < 4.78 is 0. The predicted octanol–water partition coefficient (Wildman–Crippen LogP) is 1.69. The molecule has 0 aromatic heterocycles. The van der Waals surface area contributed by atoms with Crippen LogP contribution in [0.25, 0.3) is 0 Å². The summed E-state index contributed by atoms with van der Waals surface area (Å²) in [6.07, 6.45) is 2.19. The Hall–Kier alpha value is -1.35. The molecule has 18 heavy (non-hydrogen) atoms. The smallest absolute Gasteiger partial charge is 0.236 e. The first kappa shape index (κ1) is 13.1. The minimum atomic E-state index is 0.223. The van der Waals surface area contributed by atoms with E-state index in [2.05, 4.69) is 36.5 Å². The maximum absolute atomic E-state index is 11.9. The maximum Gasteiger partial charge on any atom is 0.236 e. The fourth-order valence-electron chi connectivity index (χ4n) is 2.80. The molecule has 2 rings (SSSR count). The molecule has 1 aliphatic heterocycles. The number of benzene rings is 1. The van der Waals surface area contributed by atoms with Gasteiger partial charge in [-0.15, -0.1) is 0 Å². The Bertz CT molecular complexity index is 391. The summed E-state index contributed by atoms with van der Waals surface area (Å²) in [6.45, 7) is 3.52. The van der Waals surface area contributed by atoms with Crippen molar-refractivity contribution in [1.82, 2.24) is 10.2 Å². The van der Waals surface area contributed by atoms with Crippen LogP contribution >= 0.6 is 0 Å². The summed E-state index contributed by atoms with van der Waals surface area (Å²) in [6, 6.07) is 10.9. The molecule has 1 aromatic rings. The van der Waals surface area contributed by atoms with Gasteiger partial charge in [-0.3, -0.25) is 4.79 Å². The highest BCUT2D eigenvalue weighted by Gasteiger charge is 2.33. The van der Waals surface area contributed by atoms with Crippen molar-refractivity contribution in [2.75, 3.05) is 20.1 Å². The summed E-state index contributed by atoms with van der Waals surface area (Å²) in [5.41, 5.74) is 1.37. The monoisotopic (exact) mass is 246 g/mol. The first-order valence-electron chi connectivity index (χ1n) is 6.70. The van der Waals surface area contributed by atoms with Crippen LogP contribution in [-0.2, 0) is 11.2 Å². The van der Waals surface area contributed by atoms with Crippen molar-refractivity contribution in [2.45, 2.75) is 25.8 Å². The molecule has 1 N–H and O–H groups in total. The Labute approximate surface area is 109 Å². The second-order valence-corrected chi connectivity index (χ2v) is 5.10. The van der Waals surface area contributed by atoms with Crippen LogP contribution in [0.1, 0.15) is 18.9 Å². The minimum Gasteiger partial charge on any atom is -0.339 e. The van der Waals surface area contributed by atoms with Crippen molar-refractivity contribution in [3.05, 3.63) is 35.9 Å². The van der Waals surface area contributed by atoms with Crippen molar-refractivity contribution in [3.8, 4) is 0 Å². The van der Waals surface area contributed by atoms with Crippen molar-refractivity contribution in [3.63, 3.8) is 0 Å². The van der Waals surface area contributed by atoms with Gasteiger partial charge in [-0.1, -0.05) is 30.3 Å². The van der Waals surface area contributed by atoms with Crippen LogP contribution in [0, 0.1) is 5.92 Å². The van der Waals surface area contributed by atoms with Gasteiger partial charge in [0, 0.05) is 12.6 Å². The second kappa shape index (κ2) is 6.01. The molecule has 1 amide bonds. The lowest BCUT2D eigenvalue weighted by molar-refractivity contribution is -0.130. The Morgan fingerprint density at radius 2 is 2.11 bits per heavy atom. The molecular weight excluding hydrogens is 224 g/mol. The van der Waals surface area contributed by atoms with E-state index in [1.165, 1.54) is 5.56 Å². The molecule has 3 heteroatoms. The molecule has 1 aliphatic rings. The Morgan fingerprint density at radius 1 is 1.39 bits per heavy atom. The SMILES string of the molecule is CNCC(=O)N1CCC(Cc2ccccc2)C1C. The van der Waals surface area contributed by atoms with Gasteiger partial charge in [-0.2, -0.15) is 0 Å². The number of rotatable bonds is 4. The fourth-order valence-corrected chi connectivity index (χ4v) is 2.80. The standard InChI is InChI=1S/C15H22N2O/c1-12-14(10-13-6-4-3-5-7-13)8-9-17(12)15(18)11-16-2/h3-7,12,14,16H,8-11H2,1-2H3. The number of nitrogens with one attached hydrogen (secondary N) is 1. The number of nitrogens with zero attached hydrogens (tertiary/aromatic N) is 1. The summed E-state index contributed by atoms with van der Waals surface area (Å²) >= 11 is 0. The molecule has 0 spiro atoms. The van der Waals surface area contributed by atoms with E-state index in [1.807, 2.05) is 18.0 Å². The molecule has 0 bridgehead atoms. The molecule has 98 valence electrons. The van der Waals surface area contributed by atoms with E-state index in [9.17, 15) is 4.79 Å². The molecule has 2 unspecified atom stereocenters. The topological polar surface area (TPSA) is 32.3 Å². The van der Waals surface area contributed by atoms with E-state index < -0.39 is 0 Å². The molecule has 2 atom stereocenters. The van der Waals surface area contributed by atoms with Gasteiger partial charge in [0.15, 0.2) is 0 Å². The normalized spacial score (nSPS) is 23.3. The lowest BCUT2D eigenvalue weighted by Gasteiger charge is -2.25. The van der Waals surface area contributed by atoms with E-state index in [-0.39, 0.29) is 5.91 Å². The zero-order valence-corrected chi connectivity index (χ0v) is 11.2. The number of hydrogen-bond donors (Lipinski definition) is 1. The van der Waals surface area contributed by atoms with Crippen molar-refractivity contribution >= 4 is 5.91 Å². The molecule has 3 nitrogen and oxygen atoms in total. The van der Waals surface area contributed by atoms with Crippen molar-refractivity contribution in [2.24, 2.45) is 5.92 Å². The van der Waals surface area contributed by atoms with Gasteiger partial charge in [0.1, 0.15) is 0 Å². The molecular formula is C15H22N2O. The van der Waals surface area contributed by atoms with E-state index in [4.69, 9.17) is 0 Å². The summed E-state index contributed by atoms with van der Waals surface area (Å²) in [5, 5.41) is 2.94. The van der Waals surface area contributed by atoms with E-state index >= 15 is 0 Å². The third kappa shape index (κ3) is 2.91. The zero-order valence-electron chi connectivity index (χ0n) is 11.2. The fraction of sp³-hybridized carbons (Fsp3) is 0.533. The maximum atomic E-state index is 11.9. The second-order valence-electron chi connectivity index (χ2n) is 5.10. The van der Waals surface area contributed by atoms with Crippen LogP contribution in [0.15, 0.2) is 30.3 Å². The Balaban J connectivity index is 1.95. The van der Waals surface area contributed by atoms with Crippen LogP contribution in [0.2, 0.25) is 0 Å². The number of likely N-dealkylation sites (N-methyl/N-ethyl adjacent to an activating group) is 1. The zero-order chi connectivity index (χ0) is 13.0. The predicted molar refractivity (Wildman–Crippen MR) is 73.4 cm³/mol. The van der Waals surface area contributed by atoms with Gasteiger partial charge >= 0.3 is 0 Å². The Morgan fingerprint density at radius 3 is 2.78 bits per heavy atom. The summed E-state index contributed by atoms with van der Waals surface area (Å²) in [4.78, 5) is 13.9. The molecule has 1 fully saturated rings. The van der Waals surface area contributed by atoms with Crippen LogP contribution < -0.4 is 5.32 Å². The lowest BCUT2D eigenvalue weighted by atomic mass is 9.93. The molecule has 1 saturated heterocycles. The Kier molecular flexibility index (Phi) is 4.37. The number of amides is 1. The third-order valence-electron chi connectivity index (χ3n) is 3.90. The highest BCUT2D eigenvalue weighted by Crippen LogP contribution is 2.27. The van der Waals surface area contributed by atoms with E-state index in [0.29, 0.717) is 18.5 Å². The minimum absolute atomic E-state index is 0.223. The van der Waals surface area contributed by atoms with Gasteiger partial charge in [0.05, 0.1) is 6.54 Å². The van der Waals surface area contributed by atoms with Gasteiger partial charge < -0.3 is 10.2 Å². The summed E-state index contributed by atoms with van der Waals surface area (Å²) in [7, 11) is 1.82. The largest absolute Gasteiger partial charge is 0.339 e. The van der Waals surface area contributed by atoms with Gasteiger partial charge in [-0.25, -0.2) is 0 Å². The number of likely N-dealkylation sites (tertiary alicyclic amines) is 1. The van der Waals surface area contributed by atoms with Gasteiger partial charge in [0.25, 0.3) is 0 Å². The molecule has 1 heterocycles. The van der Waals surface area contributed by atoms with Crippen LogP contribution in [-0.4, -0.2) is 37.0 Å². The number of hydrogen-bond acceptors (Lipinski definition) is 2. The van der Waals surface area contributed by atoms with E-state index in [0.717, 1.165) is 19.4 Å². The molecule has 0 radical (unpaired) electrons. The highest BCUT2D eigenvalue weighted by molar-refractivity contribution is 5.78. The number of carbonyl (C=O) groups is 1.